The predicted molar refractivity (Wildman–Crippen MR) is 84.6 cm³/mol. The van der Waals surface area contributed by atoms with Crippen molar-refractivity contribution in [3.05, 3.63) is 38.9 Å². The molecule has 2 rings (SSSR count). The lowest BCUT2D eigenvalue weighted by molar-refractivity contribution is -0.384. The van der Waals surface area contributed by atoms with E-state index >= 15 is 0 Å². The minimum atomic E-state index is -0.537. The largest absolute Gasteiger partial charge is 0.383 e. The van der Waals surface area contributed by atoms with Gasteiger partial charge in [-0.1, -0.05) is 25.2 Å². The highest BCUT2D eigenvalue weighted by atomic mass is 32.1. The molecule has 0 radical (unpaired) electrons. The lowest BCUT2D eigenvalue weighted by Gasteiger charge is -2.05. The molecule has 116 valence electrons. The Morgan fingerprint density at radius 3 is 2.64 bits per heavy atom. The van der Waals surface area contributed by atoms with Gasteiger partial charge in [0.1, 0.15) is 10.7 Å². The standard InChI is InChI=1S/C13H15N5O3S/c1-7(2)12-16-17-13(22-12)15-11(19)8-4-5-9(14-3)10(6-8)18(20)21/h4-7,14H,1-3H3,(H,15,17,19). The molecule has 0 fully saturated rings. The van der Waals surface area contributed by atoms with Gasteiger partial charge in [-0.15, -0.1) is 10.2 Å². The summed E-state index contributed by atoms with van der Waals surface area (Å²) in [5.74, 6) is -0.239. The highest BCUT2D eigenvalue weighted by molar-refractivity contribution is 7.15. The maximum absolute atomic E-state index is 12.2. The molecular weight excluding hydrogens is 306 g/mol. The van der Waals surface area contributed by atoms with Gasteiger partial charge in [0.05, 0.1) is 4.92 Å². The summed E-state index contributed by atoms with van der Waals surface area (Å²) in [6, 6.07) is 4.23. The minimum Gasteiger partial charge on any atom is -0.383 e. The van der Waals surface area contributed by atoms with Gasteiger partial charge in [0.15, 0.2) is 0 Å². The Morgan fingerprint density at radius 2 is 2.09 bits per heavy atom. The smallest absolute Gasteiger partial charge is 0.293 e. The van der Waals surface area contributed by atoms with E-state index in [-0.39, 0.29) is 17.2 Å². The number of anilines is 2. The Hall–Kier alpha value is -2.55. The molecule has 0 aliphatic carbocycles. The van der Waals surface area contributed by atoms with E-state index in [4.69, 9.17) is 0 Å². The summed E-state index contributed by atoms with van der Waals surface area (Å²) >= 11 is 1.28. The maximum atomic E-state index is 12.2. The highest BCUT2D eigenvalue weighted by Crippen LogP contribution is 2.26. The molecule has 8 nitrogen and oxygen atoms in total. The monoisotopic (exact) mass is 321 g/mol. The summed E-state index contributed by atoms with van der Waals surface area (Å²) in [7, 11) is 1.58. The van der Waals surface area contributed by atoms with Crippen molar-refractivity contribution in [2.75, 3.05) is 17.7 Å². The summed E-state index contributed by atoms with van der Waals surface area (Å²) in [6.45, 7) is 3.96. The van der Waals surface area contributed by atoms with E-state index in [1.165, 1.54) is 29.5 Å². The van der Waals surface area contributed by atoms with Crippen molar-refractivity contribution < 1.29 is 9.72 Å². The van der Waals surface area contributed by atoms with Crippen molar-refractivity contribution >= 4 is 33.8 Å². The molecule has 1 heterocycles. The average molecular weight is 321 g/mol. The van der Waals surface area contributed by atoms with Crippen LogP contribution in [0.5, 0.6) is 0 Å². The number of aromatic nitrogens is 2. The van der Waals surface area contributed by atoms with E-state index in [1.54, 1.807) is 7.05 Å². The third kappa shape index (κ3) is 3.37. The lowest BCUT2D eigenvalue weighted by atomic mass is 10.1. The molecule has 0 atom stereocenters. The lowest BCUT2D eigenvalue weighted by Crippen LogP contribution is -2.12. The summed E-state index contributed by atoms with van der Waals surface area (Å²) in [4.78, 5) is 22.6. The summed E-state index contributed by atoms with van der Waals surface area (Å²) in [6.07, 6.45) is 0. The Kier molecular flexibility index (Phi) is 4.66. The van der Waals surface area contributed by atoms with Crippen LogP contribution in [0.25, 0.3) is 0 Å². The van der Waals surface area contributed by atoms with Gasteiger partial charge < -0.3 is 5.32 Å². The molecule has 1 amide bonds. The van der Waals surface area contributed by atoms with Crippen LogP contribution in [0.1, 0.15) is 35.1 Å². The van der Waals surface area contributed by atoms with Crippen LogP contribution in [0.2, 0.25) is 0 Å². The van der Waals surface area contributed by atoms with Crippen molar-refractivity contribution in [1.82, 2.24) is 10.2 Å². The zero-order valence-corrected chi connectivity index (χ0v) is 13.1. The van der Waals surface area contributed by atoms with Gasteiger partial charge in [-0.3, -0.25) is 20.2 Å². The van der Waals surface area contributed by atoms with E-state index in [0.717, 1.165) is 5.01 Å². The Balaban J connectivity index is 2.22. The van der Waals surface area contributed by atoms with E-state index in [2.05, 4.69) is 20.8 Å². The second-order valence-corrected chi connectivity index (χ2v) is 5.80. The van der Waals surface area contributed by atoms with Gasteiger partial charge in [0.25, 0.3) is 11.6 Å². The first-order valence-electron chi connectivity index (χ1n) is 6.53. The summed E-state index contributed by atoms with van der Waals surface area (Å²) < 4.78 is 0. The molecule has 2 N–H and O–H groups in total. The molecule has 0 bridgehead atoms. The average Bonchev–Trinajstić information content (AvgIpc) is 2.95. The Morgan fingerprint density at radius 1 is 1.36 bits per heavy atom. The SMILES string of the molecule is CNc1ccc(C(=O)Nc2nnc(C(C)C)s2)cc1[N+](=O)[O-]. The van der Waals surface area contributed by atoms with Crippen LogP contribution in [-0.2, 0) is 0 Å². The van der Waals surface area contributed by atoms with Crippen molar-refractivity contribution in [3.63, 3.8) is 0 Å². The summed E-state index contributed by atoms with van der Waals surface area (Å²) in [5.41, 5.74) is 0.377. The predicted octanol–water partition coefficient (Wildman–Crippen LogP) is 2.86. The number of nitro benzene ring substituents is 1. The summed E-state index contributed by atoms with van der Waals surface area (Å²) in [5, 5.41) is 25.4. The number of nitro groups is 1. The Labute approximate surface area is 130 Å². The van der Waals surface area contributed by atoms with Crippen LogP contribution in [0.4, 0.5) is 16.5 Å². The van der Waals surface area contributed by atoms with Crippen LogP contribution in [0.3, 0.4) is 0 Å². The number of carbonyl (C=O) groups excluding carboxylic acids is 1. The van der Waals surface area contributed by atoms with Crippen LogP contribution in [-0.4, -0.2) is 28.1 Å². The van der Waals surface area contributed by atoms with Gasteiger partial charge in [-0.05, 0) is 12.1 Å². The second-order valence-electron chi connectivity index (χ2n) is 4.79. The third-order valence-electron chi connectivity index (χ3n) is 2.88. The zero-order chi connectivity index (χ0) is 16.3. The van der Waals surface area contributed by atoms with Crippen LogP contribution >= 0.6 is 11.3 Å². The topological polar surface area (TPSA) is 110 Å². The highest BCUT2D eigenvalue weighted by Gasteiger charge is 2.18. The van der Waals surface area contributed by atoms with Crippen molar-refractivity contribution in [1.29, 1.82) is 0 Å². The normalized spacial score (nSPS) is 10.5. The van der Waals surface area contributed by atoms with Crippen molar-refractivity contribution in [3.8, 4) is 0 Å². The van der Waals surface area contributed by atoms with E-state index in [1.807, 2.05) is 13.8 Å². The van der Waals surface area contributed by atoms with Gasteiger partial charge in [0.2, 0.25) is 5.13 Å². The van der Waals surface area contributed by atoms with E-state index < -0.39 is 10.8 Å². The molecule has 0 spiro atoms. The fourth-order valence-electron chi connectivity index (χ4n) is 1.72. The van der Waals surface area contributed by atoms with Gasteiger partial charge >= 0.3 is 0 Å². The fraction of sp³-hybridized carbons (Fsp3) is 0.308. The fourth-order valence-corrected chi connectivity index (χ4v) is 2.46. The second kappa shape index (κ2) is 6.48. The van der Waals surface area contributed by atoms with Crippen LogP contribution in [0.15, 0.2) is 18.2 Å². The molecule has 0 aliphatic rings. The number of rotatable bonds is 5. The number of carbonyl (C=O) groups is 1. The zero-order valence-electron chi connectivity index (χ0n) is 12.3. The van der Waals surface area contributed by atoms with Gasteiger partial charge in [-0.2, -0.15) is 0 Å². The molecule has 1 aromatic heterocycles. The molecule has 0 unspecified atom stereocenters. The molecule has 2 aromatic rings. The molecular formula is C13H15N5O3S. The Bertz CT molecular complexity index is 713. The van der Waals surface area contributed by atoms with Crippen LogP contribution in [0, 0.1) is 10.1 Å². The molecule has 0 aliphatic heterocycles. The molecule has 0 saturated carbocycles. The van der Waals surface area contributed by atoms with Crippen molar-refractivity contribution in [2.45, 2.75) is 19.8 Å². The first-order chi connectivity index (χ1) is 10.4. The molecule has 9 heteroatoms. The third-order valence-corrected chi connectivity index (χ3v) is 4.02. The first-order valence-corrected chi connectivity index (χ1v) is 7.35. The number of hydrogen-bond acceptors (Lipinski definition) is 7. The maximum Gasteiger partial charge on any atom is 0.293 e. The molecule has 0 saturated heterocycles. The van der Waals surface area contributed by atoms with E-state index in [0.29, 0.717) is 10.8 Å². The quantitative estimate of drug-likeness (QED) is 0.647. The number of benzene rings is 1. The van der Waals surface area contributed by atoms with Gasteiger partial charge in [-0.25, -0.2) is 0 Å². The first kappa shape index (κ1) is 15.8. The number of nitrogens with zero attached hydrogens (tertiary/aromatic N) is 3. The number of amides is 1. The van der Waals surface area contributed by atoms with Gasteiger partial charge in [0, 0.05) is 24.6 Å². The van der Waals surface area contributed by atoms with E-state index in [9.17, 15) is 14.9 Å². The number of nitrogens with one attached hydrogen (secondary N) is 2. The minimum absolute atomic E-state index is 0.157. The van der Waals surface area contributed by atoms with Crippen LogP contribution < -0.4 is 10.6 Å². The van der Waals surface area contributed by atoms with Crippen molar-refractivity contribution in [2.24, 2.45) is 0 Å². The molecule has 22 heavy (non-hydrogen) atoms. The molecule has 1 aromatic carbocycles. The number of hydrogen-bond donors (Lipinski definition) is 2.